The monoisotopic (exact) mass is 572 g/mol. The Labute approximate surface area is 252 Å². The molecule has 5 rings (SSSR count). The Bertz CT molecular complexity index is 1640. The van der Waals surface area contributed by atoms with Crippen LogP contribution in [-0.2, 0) is 17.8 Å². The zero-order chi connectivity index (χ0) is 29.9. The number of nitrogens with zero attached hydrogens (tertiary/aromatic N) is 3. The SMILES string of the molecule is CC(=O)c1ccc2cc(NCC(=O)Nc3ccc(NCCN(CCc4ccccn4)Cc4ccccn4)cc3)ccc2c1. The molecule has 0 fully saturated rings. The van der Waals surface area contributed by atoms with Crippen molar-refractivity contribution in [3.8, 4) is 0 Å². The molecule has 3 aromatic carbocycles. The predicted octanol–water partition coefficient (Wildman–Crippen LogP) is 6.04. The summed E-state index contributed by atoms with van der Waals surface area (Å²) in [7, 11) is 0. The van der Waals surface area contributed by atoms with Crippen molar-refractivity contribution in [2.24, 2.45) is 0 Å². The minimum atomic E-state index is -0.134. The van der Waals surface area contributed by atoms with Crippen LogP contribution in [-0.4, -0.2) is 52.7 Å². The number of ketones is 1. The number of hydrogen-bond donors (Lipinski definition) is 3. The zero-order valence-electron chi connectivity index (χ0n) is 24.3. The quantitative estimate of drug-likeness (QED) is 0.140. The van der Waals surface area contributed by atoms with Gasteiger partial charge in [0.2, 0.25) is 5.91 Å². The summed E-state index contributed by atoms with van der Waals surface area (Å²) in [6.07, 6.45) is 4.54. The number of pyridine rings is 2. The fourth-order valence-electron chi connectivity index (χ4n) is 4.80. The molecule has 2 heterocycles. The van der Waals surface area contributed by atoms with Crippen LogP contribution in [0.3, 0.4) is 0 Å². The Balaban J connectivity index is 1.08. The van der Waals surface area contributed by atoms with E-state index >= 15 is 0 Å². The second-order valence-electron chi connectivity index (χ2n) is 10.4. The summed E-state index contributed by atoms with van der Waals surface area (Å²) in [6, 6.07) is 31.2. The fraction of sp³-hybridized carbons (Fsp3) is 0.200. The molecule has 0 atom stereocenters. The Morgan fingerprint density at radius 2 is 1.37 bits per heavy atom. The van der Waals surface area contributed by atoms with E-state index < -0.39 is 0 Å². The Morgan fingerprint density at radius 3 is 2.09 bits per heavy atom. The van der Waals surface area contributed by atoms with Gasteiger partial charge in [-0.3, -0.25) is 24.5 Å². The van der Waals surface area contributed by atoms with E-state index in [1.807, 2.05) is 97.3 Å². The van der Waals surface area contributed by atoms with E-state index in [1.165, 1.54) is 0 Å². The second kappa shape index (κ2) is 14.7. The largest absolute Gasteiger partial charge is 0.384 e. The van der Waals surface area contributed by atoms with E-state index in [0.29, 0.717) is 5.56 Å². The zero-order valence-corrected chi connectivity index (χ0v) is 24.3. The van der Waals surface area contributed by atoms with E-state index in [-0.39, 0.29) is 18.2 Å². The van der Waals surface area contributed by atoms with Gasteiger partial charge in [-0.25, -0.2) is 0 Å². The standard InChI is InChI=1S/C35H36N6O2/c1-26(42)27-8-9-29-23-33(11-10-28(29)22-27)39-24-35(43)40-32-14-12-31(13-15-32)38-19-21-41(25-34-7-3-5-18-37-34)20-16-30-6-2-4-17-36-30/h2-15,17-18,22-23,38-39H,16,19-21,24-25H2,1H3,(H,40,43). The van der Waals surface area contributed by atoms with Gasteiger partial charge >= 0.3 is 0 Å². The van der Waals surface area contributed by atoms with Gasteiger partial charge in [0.1, 0.15) is 0 Å². The van der Waals surface area contributed by atoms with Gasteiger partial charge in [0.15, 0.2) is 5.78 Å². The molecule has 8 heteroatoms. The van der Waals surface area contributed by atoms with Crippen LogP contribution in [0.15, 0.2) is 109 Å². The number of carbonyl (C=O) groups is 2. The molecular weight excluding hydrogens is 536 g/mol. The van der Waals surface area contributed by atoms with Gasteiger partial charge in [-0.2, -0.15) is 0 Å². The molecule has 3 N–H and O–H groups in total. The number of hydrogen-bond acceptors (Lipinski definition) is 7. The van der Waals surface area contributed by atoms with Gasteiger partial charge in [0.25, 0.3) is 0 Å². The first-order chi connectivity index (χ1) is 21.0. The molecule has 1 amide bonds. The molecule has 43 heavy (non-hydrogen) atoms. The first kappa shape index (κ1) is 29.4. The Hall–Kier alpha value is -5.08. The number of aromatic nitrogens is 2. The lowest BCUT2D eigenvalue weighted by atomic mass is 10.0. The van der Waals surface area contributed by atoms with E-state index in [9.17, 15) is 9.59 Å². The first-order valence-corrected chi connectivity index (χ1v) is 14.5. The summed E-state index contributed by atoms with van der Waals surface area (Å²) in [5.74, 6) is -0.0915. The molecule has 8 nitrogen and oxygen atoms in total. The maximum Gasteiger partial charge on any atom is 0.243 e. The number of rotatable bonds is 14. The van der Waals surface area contributed by atoms with Crippen LogP contribution in [0.4, 0.5) is 17.1 Å². The molecule has 0 aliphatic carbocycles. The minimum absolute atomic E-state index is 0.0420. The lowest BCUT2D eigenvalue weighted by molar-refractivity contribution is -0.114. The van der Waals surface area contributed by atoms with E-state index in [2.05, 4.69) is 43.0 Å². The van der Waals surface area contributed by atoms with Gasteiger partial charge in [0.05, 0.1) is 12.2 Å². The summed E-state index contributed by atoms with van der Waals surface area (Å²) < 4.78 is 0. The maximum atomic E-state index is 12.6. The first-order valence-electron chi connectivity index (χ1n) is 14.5. The summed E-state index contributed by atoms with van der Waals surface area (Å²) in [5.41, 5.74) is 5.38. The van der Waals surface area contributed by atoms with Crippen molar-refractivity contribution in [2.75, 3.05) is 42.1 Å². The highest BCUT2D eigenvalue weighted by Gasteiger charge is 2.09. The van der Waals surface area contributed by atoms with E-state index in [4.69, 9.17) is 0 Å². The molecule has 0 aliphatic heterocycles. The molecular formula is C35H36N6O2. The minimum Gasteiger partial charge on any atom is -0.384 e. The van der Waals surface area contributed by atoms with Crippen LogP contribution in [0.2, 0.25) is 0 Å². The van der Waals surface area contributed by atoms with Gasteiger partial charge in [-0.1, -0.05) is 30.3 Å². The molecule has 0 aliphatic rings. The summed E-state index contributed by atoms with van der Waals surface area (Å²) in [6.45, 7) is 4.98. The lowest BCUT2D eigenvalue weighted by Crippen LogP contribution is -2.31. The van der Waals surface area contributed by atoms with Crippen molar-refractivity contribution in [1.82, 2.24) is 14.9 Å². The summed E-state index contributed by atoms with van der Waals surface area (Å²) >= 11 is 0. The van der Waals surface area contributed by atoms with Crippen LogP contribution >= 0.6 is 0 Å². The lowest BCUT2D eigenvalue weighted by Gasteiger charge is -2.22. The van der Waals surface area contributed by atoms with Crippen LogP contribution in [0.5, 0.6) is 0 Å². The third-order valence-electron chi connectivity index (χ3n) is 7.15. The Morgan fingerprint density at radius 1 is 0.698 bits per heavy atom. The molecule has 0 spiro atoms. The van der Waals surface area contributed by atoms with Crippen LogP contribution in [0.1, 0.15) is 28.7 Å². The molecule has 0 unspecified atom stereocenters. The predicted molar refractivity (Wildman–Crippen MR) is 173 cm³/mol. The number of anilines is 3. The summed E-state index contributed by atoms with van der Waals surface area (Å²) in [4.78, 5) is 35.5. The average molecular weight is 573 g/mol. The highest BCUT2D eigenvalue weighted by Crippen LogP contribution is 2.21. The van der Waals surface area contributed by atoms with Gasteiger partial charge < -0.3 is 16.0 Å². The highest BCUT2D eigenvalue weighted by molar-refractivity contribution is 5.99. The smallest absolute Gasteiger partial charge is 0.243 e. The summed E-state index contributed by atoms with van der Waals surface area (Å²) in [5, 5.41) is 11.6. The maximum absolute atomic E-state index is 12.6. The second-order valence-corrected chi connectivity index (χ2v) is 10.4. The van der Waals surface area contributed by atoms with Crippen LogP contribution in [0.25, 0.3) is 10.8 Å². The van der Waals surface area contributed by atoms with Gasteiger partial charge in [-0.05, 0) is 84.4 Å². The number of benzene rings is 3. The number of fused-ring (bicyclic) bond motifs is 1. The molecule has 218 valence electrons. The van der Waals surface area contributed by atoms with Crippen LogP contribution in [0, 0.1) is 0 Å². The van der Waals surface area contributed by atoms with E-state index in [0.717, 1.165) is 71.8 Å². The van der Waals surface area contributed by atoms with Crippen molar-refractivity contribution in [3.05, 3.63) is 126 Å². The van der Waals surface area contributed by atoms with E-state index in [1.54, 1.807) is 6.92 Å². The topological polar surface area (TPSA) is 99.2 Å². The van der Waals surface area contributed by atoms with Crippen molar-refractivity contribution in [1.29, 1.82) is 0 Å². The molecule has 0 radical (unpaired) electrons. The molecule has 2 aromatic heterocycles. The van der Waals surface area contributed by atoms with Crippen molar-refractivity contribution >= 4 is 39.5 Å². The van der Waals surface area contributed by atoms with Gasteiger partial charge in [-0.15, -0.1) is 0 Å². The highest BCUT2D eigenvalue weighted by atomic mass is 16.2. The molecule has 0 saturated heterocycles. The average Bonchev–Trinajstić information content (AvgIpc) is 3.04. The number of Topliss-reactive ketones (excluding diaryl/α,β-unsaturated/α-hetero) is 1. The molecule has 0 saturated carbocycles. The number of amides is 1. The van der Waals surface area contributed by atoms with Gasteiger partial charge in [0, 0.05) is 73.3 Å². The number of carbonyl (C=O) groups excluding carboxylic acids is 2. The number of nitrogens with one attached hydrogen (secondary N) is 3. The normalized spacial score (nSPS) is 10.9. The Kier molecular flexibility index (Phi) is 10.1. The third kappa shape index (κ3) is 8.95. The van der Waals surface area contributed by atoms with Crippen molar-refractivity contribution < 1.29 is 9.59 Å². The molecule has 0 bridgehead atoms. The van der Waals surface area contributed by atoms with Crippen molar-refractivity contribution in [3.63, 3.8) is 0 Å². The van der Waals surface area contributed by atoms with Crippen LogP contribution < -0.4 is 16.0 Å². The fourth-order valence-corrected chi connectivity index (χ4v) is 4.80. The molecule has 5 aromatic rings. The van der Waals surface area contributed by atoms with Crippen molar-refractivity contribution in [2.45, 2.75) is 19.9 Å². The third-order valence-corrected chi connectivity index (χ3v) is 7.15.